The average molecular weight is 433 g/mol. The van der Waals surface area contributed by atoms with Crippen LogP contribution in [0.1, 0.15) is 49.2 Å². The van der Waals surface area contributed by atoms with E-state index in [9.17, 15) is 14.7 Å². The van der Waals surface area contributed by atoms with Gasteiger partial charge >= 0.3 is 5.97 Å². The zero-order chi connectivity index (χ0) is 22.9. The topological polar surface area (TPSA) is 87.0 Å². The molecular weight excluding hydrogens is 405 g/mol. The molecule has 1 aliphatic rings. The van der Waals surface area contributed by atoms with E-state index in [0.717, 1.165) is 5.56 Å². The molecule has 1 aromatic heterocycles. The lowest BCUT2D eigenvalue weighted by molar-refractivity contribution is 0.0692. The molecule has 0 unspecified atom stereocenters. The Morgan fingerprint density at radius 3 is 2.52 bits per heavy atom. The quantitative estimate of drug-likeness (QED) is 0.666. The highest BCUT2D eigenvalue weighted by atomic mass is 19.1. The summed E-state index contributed by atoms with van der Waals surface area (Å²) >= 11 is 0. The molecule has 2 aromatic rings. The van der Waals surface area contributed by atoms with Gasteiger partial charge < -0.3 is 23.9 Å². The lowest BCUT2D eigenvalue weighted by atomic mass is 9.78. The van der Waals surface area contributed by atoms with Crippen LogP contribution in [-0.2, 0) is 11.2 Å². The third kappa shape index (κ3) is 4.30. The number of carboxylic acids is 1. The van der Waals surface area contributed by atoms with Crippen LogP contribution in [0, 0.1) is 11.2 Å². The molecule has 7 nitrogen and oxygen atoms in total. The summed E-state index contributed by atoms with van der Waals surface area (Å²) in [6.07, 6.45) is 2.47. The van der Waals surface area contributed by atoms with Crippen LogP contribution in [0.25, 0.3) is 11.3 Å². The zero-order valence-corrected chi connectivity index (χ0v) is 18.5. The van der Waals surface area contributed by atoms with E-state index in [1.54, 1.807) is 17.7 Å². The molecule has 2 heterocycles. The fourth-order valence-electron chi connectivity index (χ4n) is 3.94. The molecule has 1 atom stereocenters. The first-order valence-electron chi connectivity index (χ1n) is 10.1. The molecule has 1 aromatic carbocycles. The van der Waals surface area contributed by atoms with Gasteiger partial charge in [0.15, 0.2) is 17.3 Å². The number of hydrogen-bond donors (Lipinski definition) is 1. The second-order valence-electron chi connectivity index (χ2n) is 8.69. The Morgan fingerprint density at radius 1 is 1.23 bits per heavy atom. The molecule has 0 aliphatic carbocycles. The van der Waals surface area contributed by atoms with Crippen LogP contribution in [-0.4, -0.2) is 43.1 Å². The second-order valence-corrected chi connectivity index (χ2v) is 8.69. The molecule has 0 spiro atoms. The van der Waals surface area contributed by atoms with Crippen molar-refractivity contribution >= 4 is 5.97 Å². The predicted octanol–water partition coefficient (Wildman–Crippen LogP) is 3.92. The van der Waals surface area contributed by atoms with E-state index in [1.807, 2.05) is 26.8 Å². The summed E-state index contributed by atoms with van der Waals surface area (Å²) in [6.45, 7) is 6.97. The SMILES string of the molecule is COCCCOc1cc2c(cc1OC)-c1c(F)c(=O)c(C(=O)O)cn1[C@H](C(C)(C)C)C2. The first-order chi connectivity index (χ1) is 14.6. The Hall–Kier alpha value is -2.87. The van der Waals surface area contributed by atoms with Gasteiger partial charge in [-0.1, -0.05) is 20.8 Å². The van der Waals surface area contributed by atoms with Gasteiger partial charge in [-0.15, -0.1) is 0 Å². The number of aromatic carboxylic acids is 1. The monoisotopic (exact) mass is 433 g/mol. The molecule has 31 heavy (non-hydrogen) atoms. The third-order valence-corrected chi connectivity index (χ3v) is 5.55. The number of hydrogen-bond acceptors (Lipinski definition) is 5. The number of benzene rings is 1. The Labute approximate surface area is 180 Å². The van der Waals surface area contributed by atoms with E-state index in [0.29, 0.717) is 43.1 Å². The molecule has 1 N–H and O–H groups in total. The third-order valence-electron chi connectivity index (χ3n) is 5.55. The minimum Gasteiger partial charge on any atom is -0.493 e. The highest BCUT2D eigenvalue weighted by Gasteiger charge is 2.36. The summed E-state index contributed by atoms with van der Waals surface area (Å²) in [6, 6.07) is 3.20. The van der Waals surface area contributed by atoms with Crippen LogP contribution >= 0.6 is 0 Å². The Morgan fingerprint density at radius 2 is 1.94 bits per heavy atom. The predicted molar refractivity (Wildman–Crippen MR) is 114 cm³/mol. The van der Waals surface area contributed by atoms with Crippen molar-refractivity contribution in [2.45, 2.75) is 39.7 Å². The number of nitrogens with zero attached hydrogens (tertiary/aromatic N) is 1. The van der Waals surface area contributed by atoms with Crippen molar-refractivity contribution in [2.75, 3.05) is 27.4 Å². The first kappa shape index (κ1) is 22.8. The van der Waals surface area contributed by atoms with Crippen molar-refractivity contribution in [1.29, 1.82) is 0 Å². The zero-order valence-electron chi connectivity index (χ0n) is 18.5. The van der Waals surface area contributed by atoms with Crippen LogP contribution in [0.3, 0.4) is 0 Å². The maximum atomic E-state index is 15.3. The molecule has 0 bridgehead atoms. The highest BCUT2D eigenvalue weighted by molar-refractivity contribution is 5.88. The van der Waals surface area contributed by atoms with E-state index in [1.165, 1.54) is 13.3 Å². The molecule has 0 amide bonds. The largest absolute Gasteiger partial charge is 0.493 e. The summed E-state index contributed by atoms with van der Waals surface area (Å²) < 4.78 is 33.2. The van der Waals surface area contributed by atoms with Gasteiger partial charge in [0.1, 0.15) is 5.56 Å². The van der Waals surface area contributed by atoms with Crippen molar-refractivity contribution in [3.05, 3.63) is 45.5 Å². The van der Waals surface area contributed by atoms with Crippen LogP contribution in [0.4, 0.5) is 4.39 Å². The standard InChI is InChI=1S/C23H28FNO6/c1-23(2,3)18-10-13-9-17(31-8-6-7-29-4)16(30-5)11-14(13)20-19(24)21(26)15(22(27)28)12-25(18)20/h9,11-12,18H,6-8,10H2,1-5H3,(H,27,28)/t18-/m0/s1. The van der Waals surface area contributed by atoms with Gasteiger partial charge in [-0.05, 0) is 29.5 Å². The van der Waals surface area contributed by atoms with Crippen molar-refractivity contribution in [3.8, 4) is 22.8 Å². The number of fused-ring (bicyclic) bond motifs is 3. The fourth-order valence-corrected chi connectivity index (χ4v) is 3.94. The molecular formula is C23H28FNO6. The van der Waals surface area contributed by atoms with E-state index in [2.05, 4.69) is 0 Å². The Kier molecular flexibility index (Phi) is 6.40. The van der Waals surface area contributed by atoms with Gasteiger partial charge in [0, 0.05) is 37.9 Å². The summed E-state index contributed by atoms with van der Waals surface area (Å²) in [7, 11) is 3.11. The summed E-state index contributed by atoms with van der Waals surface area (Å²) in [5.41, 5.74) is -0.664. The minimum absolute atomic E-state index is 0.0698. The Bertz CT molecular complexity index is 1050. The number of carboxylic acid groups (broad SMARTS) is 1. The van der Waals surface area contributed by atoms with Gasteiger partial charge in [0.2, 0.25) is 5.43 Å². The van der Waals surface area contributed by atoms with Crippen molar-refractivity contribution in [1.82, 2.24) is 4.57 Å². The first-order valence-corrected chi connectivity index (χ1v) is 10.1. The van der Waals surface area contributed by atoms with E-state index in [4.69, 9.17) is 14.2 Å². The molecule has 1 aliphatic heterocycles. The van der Waals surface area contributed by atoms with Crippen molar-refractivity contribution in [2.24, 2.45) is 5.41 Å². The molecule has 0 saturated carbocycles. The number of carbonyl (C=O) groups is 1. The highest BCUT2D eigenvalue weighted by Crippen LogP contribution is 2.46. The van der Waals surface area contributed by atoms with Crippen molar-refractivity contribution < 1.29 is 28.5 Å². The molecule has 3 rings (SSSR count). The van der Waals surface area contributed by atoms with Gasteiger partial charge in [-0.25, -0.2) is 9.18 Å². The average Bonchev–Trinajstić information content (AvgIpc) is 2.71. The number of pyridine rings is 1. The van der Waals surface area contributed by atoms with Gasteiger partial charge in [-0.3, -0.25) is 4.79 Å². The number of aromatic nitrogens is 1. The van der Waals surface area contributed by atoms with Crippen LogP contribution in [0.2, 0.25) is 0 Å². The van der Waals surface area contributed by atoms with Crippen LogP contribution in [0.5, 0.6) is 11.5 Å². The van der Waals surface area contributed by atoms with Crippen LogP contribution in [0.15, 0.2) is 23.1 Å². The number of rotatable bonds is 7. The number of halogens is 1. The summed E-state index contributed by atoms with van der Waals surface area (Å²) in [5.74, 6) is -1.59. The van der Waals surface area contributed by atoms with Gasteiger partial charge in [-0.2, -0.15) is 0 Å². The van der Waals surface area contributed by atoms with Crippen molar-refractivity contribution in [3.63, 3.8) is 0 Å². The number of ether oxygens (including phenoxy) is 3. The lowest BCUT2D eigenvalue weighted by Gasteiger charge is -2.39. The van der Waals surface area contributed by atoms with Gasteiger partial charge in [0.05, 0.1) is 19.4 Å². The van der Waals surface area contributed by atoms with E-state index < -0.39 is 22.8 Å². The molecule has 8 heteroatoms. The summed E-state index contributed by atoms with van der Waals surface area (Å²) in [5, 5.41) is 9.39. The van der Waals surface area contributed by atoms with Crippen LogP contribution < -0.4 is 14.9 Å². The molecule has 0 fully saturated rings. The maximum Gasteiger partial charge on any atom is 0.341 e. The minimum atomic E-state index is -1.45. The molecule has 0 radical (unpaired) electrons. The lowest BCUT2D eigenvalue weighted by Crippen LogP contribution is -2.34. The Balaban J connectivity index is 2.21. The van der Waals surface area contributed by atoms with E-state index in [-0.39, 0.29) is 17.2 Å². The summed E-state index contributed by atoms with van der Waals surface area (Å²) in [4.78, 5) is 24.0. The molecule has 0 saturated heterocycles. The number of methoxy groups -OCH3 is 2. The fraction of sp³-hybridized carbons (Fsp3) is 0.478. The smallest absolute Gasteiger partial charge is 0.341 e. The molecule has 168 valence electrons. The maximum absolute atomic E-state index is 15.3. The van der Waals surface area contributed by atoms with E-state index >= 15 is 4.39 Å². The normalized spacial score (nSPS) is 15.2. The second kappa shape index (κ2) is 8.70. The van der Waals surface area contributed by atoms with Gasteiger partial charge in [0.25, 0.3) is 0 Å².